The lowest BCUT2D eigenvalue weighted by molar-refractivity contribution is -0.141. The van der Waals surface area contributed by atoms with Crippen LogP contribution in [0, 0.1) is 5.41 Å². The van der Waals surface area contributed by atoms with Gasteiger partial charge >= 0.3 is 5.97 Å². The molecule has 2 N–H and O–H groups in total. The summed E-state index contributed by atoms with van der Waals surface area (Å²) in [6.07, 6.45) is 0.733. The van der Waals surface area contributed by atoms with Crippen molar-refractivity contribution in [1.29, 1.82) is 0 Å². The zero-order valence-corrected chi connectivity index (χ0v) is 11.8. The Labute approximate surface area is 109 Å². The highest BCUT2D eigenvalue weighted by atomic mass is 16.4. The van der Waals surface area contributed by atoms with Crippen molar-refractivity contribution in [3.8, 4) is 0 Å². The minimum absolute atomic E-state index is 0.0231. The molecule has 0 saturated heterocycles. The highest BCUT2D eigenvalue weighted by Gasteiger charge is 2.28. The largest absolute Gasteiger partial charge is 0.481 e. The van der Waals surface area contributed by atoms with E-state index in [1.165, 1.54) is 0 Å². The van der Waals surface area contributed by atoms with E-state index in [-0.39, 0.29) is 31.4 Å². The first-order valence-electron chi connectivity index (χ1n) is 6.32. The van der Waals surface area contributed by atoms with E-state index in [9.17, 15) is 9.59 Å². The van der Waals surface area contributed by atoms with Gasteiger partial charge < -0.3 is 15.1 Å². The van der Waals surface area contributed by atoms with E-state index in [2.05, 4.69) is 0 Å². The molecule has 106 valence electrons. The Hall–Kier alpha value is -1.10. The Balaban J connectivity index is 4.54. The van der Waals surface area contributed by atoms with Crippen LogP contribution >= 0.6 is 0 Å². The van der Waals surface area contributed by atoms with Gasteiger partial charge in [0.25, 0.3) is 0 Å². The van der Waals surface area contributed by atoms with E-state index in [4.69, 9.17) is 10.2 Å². The smallest absolute Gasteiger partial charge is 0.303 e. The molecule has 5 heteroatoms. The molecule has 0 radical (unpaired) electrons. The number of aliphatic carboxylic acids is 1. The second-order valence-corrected chi connectivity index (χ2v) is 5.67. The average Bonchev–Trinajstić information content (AvgIpc) is 2.14. The van der Waals surface area contributed by atoms with Crippen molar-refractivity contribution in [2.45, 2.75) is 53.0 Å². The standard InChI is InChI=1S/C13H25NO4/c1-10(2)14(6-5-7-15)11(16)8-13(3,4)9-12(17)18/h10,15H,5-9H2,1-4H3,(H,17,18). The van der Waals surface area contributed by atoms with E-state index in [1.54, 1.807) is 18.7 Å². The molecule has 0 aliphatic rings. The van der Waals surface area contributed by atoms with Crippen molar-refractivity contribution in [3.63, 3.8) is 0 Å². The van der Waals surface area contributed by atoms with Crippen LogP contribution in [0.2, 0.25) is 0 Å². The van der Waals surface area contributed by atoms with Crippen LogP contribution < -0.4 is 0 Å². The number of rotatable bonds is 8. The van der Waals surface area contributed by atoms with Gasteiger partial charge in [0.1, 0.15) is 0 Å². The fraction of sp³-hybridized carbons (Fsp3) is 0.846. The molecule has 0 fully saturated rings. The molecular formula is C13H25NO4. The van der Waals surface area contributed by atoms with Crippen LogP contribution in [0.25, 0.3) is 0 Å². The molecule has 5 nitrogen and oxygen atoms in total. The number of hydrogen-bond acceptors (Lipinski definition) is 3. The summed E-state index contributed by atoms with van der Waals surface area (Å²) < 4.78 is 0. The van der Waals surface area contributed by atoms with Crippen LogP contribution in [-0.2, 0) is 9.59 Å². The summed E-state index contributed by atoms with van der Waals surface area (Å²) in [5, 5.41) is 17.6. The third-order valence-corrected chi connectivity index (χ3v) is 2.76. The zero-order valence-electron chi connectivity index (χ0n) is 11.8. The SMILES string of the molecule is CC(C)N(CCCO)C(=O)CC(C)(C)CC(=O)O. The number of aliphatic hydroxyl groups excluding tert-OH is 1. The number of nitrogens with zero attached hydrogens (tertiary/aromatic N) is 1. The summed E-state index contributed by atoms with van der Waals surface area (Å²) >= 11 is 0. The molecule has 0 saturated carbocycles. The Kier molecular flexibility index (Phi) is 6.91. The summed E-state index contributed by atoms with van der Waals surface area (Å²) in [7, 11) is 0. The average molecular weight is 259 g/mol. The van der Waals surface area contributed by atoms with Crippen molar-refractivity contribution in [2.75, 3.05) is 13.2 Å². The van der Waals surface area contributed by atoms with E-state index >= 15 is 0 Å². The maximum Gasteiger partial charge on any atom is 0.303 e. The summed E-state index contributed by atoms with van der Waals surface area (Å²) in [6.45, 7) is 7.96. The summed E-state index contributed by atoms with van der Waals surface area (Å²) in [5.41, 5.74) is -0.546. The van der Waals surface area contributed by atoms with Crippen LogP contribution in [0.3, 0.4) is 0 Å². The maximum absolute atomic E-state index is 12.1. The first-order chi connectivity index (χ1) is 8.19. The van der Waals surface area contributed by atoms with Gasteiger partial charge in [0.05, 0.1) is 6.42 Å². The Morgan fingerprint density at radius 1 is 1.22 bits per heavy atom. The van der Waals surface area contributed by atoms with Crippen LogP contribution in [0.4, 0.5) is 0 Å². The van der Waals surface area contributed by atoms with Gasteiger partial charge in [0.15, 0.2) is 0 Å². The number of amides is 1. The fourth-order valence-corrected chi connectivity index (χ4v) is 1.89. The molecular weight excluding hydrogens is 234 g/mol. The van der Waals surface area contributed by atoms with Gasteiger partial charge in [-0.1, -0.05) is 13.8 Å². The van der Waals surface area contributed by atoms with Gasteiger partial charge in [-0.25, -0.2) is 0 Å². The van der Waals surface area contributed by atoms with Gasteiger partial charge in [0.2, 0.25) is 5.91 Å². The molecule has 0 aliphatic heterocycles. The first-order valence-corrected chi connectivity index (χ1v) is 6.32. The number of carboxylic acid groups (broad SMARTS) is 1. The highest BCUT2D eigenvalue weighted by Crippen LogP contribution is 2.26. The molecule has 1 amide bonds. The van der Waals surface area contributed by atoms with Crippen LogP contribution in [0.15, 0.2) is 0 Å². The fourth-order valence-electron chi connectivity index (χ4n) is 1.89. The Bertz CT molecular complexity index is 287. The lowest BCUT2D eigenvalue weighted by atomic mass is 9.85. The van der Waals surface area contributed by atoms with E-state index in [0.29, 0.717) is 13.0 Å². The van der Waals surface area contributed by atoms with Gasteiger partial charge in [-0.3, -0.25) is 9.59 Å². The Morgan fingerprint density at radius 2 is 1.78 bits per heavy atom. The molecule has 0 spiro atoms. The van der Waals surface area contributed by atoms with Gasteiger partial charge in [0, 0.05) is 25.6 Å². The normalized spacial score (nSPS) is 11.7. The minimum atomic E-state index is -0.890. The van der Waals surface area contributed by atoms with E-state index in [1.807, 2.05) is 13.8 Å². The van der Waals surface area contributed by atoms with Crippen molar-refractivity contribution in [2.24, 2.45) is 5.41 Å². The molecule has 0 atom stereocenters. The van der Waals surface area contributed by atoms with Gasteiger partial charge in [-0.15, -0.1) is 0 Å². The summed E-state index contributed by atoms with van der Waals surface area (Å²) in [6, 6.07) is 0.0599. The predicted molar refractivity (Wildman–Crippen MR) is 69.2 cm³/mol. The predicted octanol–water partition coefficient (Wildman–Crippen LogP) is 1.50. The molecule has 0 heterocycles. The van der Waals surface area contributed by atoms with Crippen molar-refractivity contribution in [3.05, 3.63) is 0 Å². The maximum atomic E-state index is 12.1. The van der Waals surface area contributed by atoms with Crippen LogP contribution in [0.5, 0.6) is 0 Å². The Morgan fingerprint density at radius 3 is 2.17 bits per heavy atom. The van der Waals surface area contributed by atoms with Crippen molar-refractivity contribution in [1.82, 2.24) is 4.90 Å². The van der Waals surface area contributed by atoms with Gasteiger partial charge in [-0.2, -0.15) is 0 Å². The number of carbonyl (C=O) groups is 2. The molecule has 0 aliphatic carbocycles. The van der Waals surface area contributed by atoms with Crippen LogP contribution in [-0.4, -0.2) is 46.2 Å². The summed E-state index contributed by atoms with van der Waals surface area (Å²) in [4.78, 5) is 24.5. The van der Waals surface area contributed by atoms with E-state index < -0.39 is 11.4 Å². The molecule has 0 aromatic rings. The second kappa shape index (κ2) is 7.36. The van der Waals surface area contributed by atoms with Crippen molar-refractivity contribution >= 4 is 11.9 Å². The lowest BCUT2D eigenvalue weighted by Crippen LogP contribution is -2.40. The number of aliphatic hydroxyl groups is 1. The number of carbonyl (C=O) groups excluding carboxylic acids is 1. The monoisotopic (exact) mass is 259 g/mol. The van der Waals surface area contributed by atoms with Crippen molar-refractivity contribution < 1.29 is 19.8 Å². The van der Waals surface area contributed by atoms with Gasteiger partial charge in [-0.05, 0) is 25.7 Å². The third-order valence-electron chi connectivity index (χ3n) is 2.76. The molecule has 0 bridgehead atoms. The topological polar surface area (TPSA) is 77.8 Å². The number of carboxylic acids is 1. The highest BCUT2D eigenvalue weighted by molar-refractivity contribution is 5.78. The quantitative estimate of drug-likeness (QED) is 0.692. The molecule has 0 unspecified atom stereocenters. The minimum Gasteiger partial charge on any atom is -0.481 e. The zero-order chi connectivity index (χ0) is 14.3. The lowest BCUT2D eigenvalue weighted by Gasteiger charge is -2.30. The summed E-state index contributed by atoms with van der Waals surface area (Å²) in [5.74, 6) is -0.941. The van der Waals surface area contributed by atoms with E-state index in [0.717, 1.165) is 0 Å². The number of hydrogen-bond donors (Lipinski definition) is 2. The first kappa shape index (κ1) is 16.9. The van der Waals surface area contributed by atoms with Crippen LogP contribution in [0.1, 0.15) is 47.0 Å². The molecule has 0 rings (SSSR count). The second-order valence-electron chi connectivity index (χ2n) is 5.67. The third kappa shape index (κ3) is 6.59. The molecule has 0 aromatic carbocycles. The molecule has 18 heavy (non-hydrogen) atoms. The molecule has 0 aromatic heterocycles.